The van der Waals surface area contributed by atoms with Crippen LogP contribution in [-0.2, 0) is 15.1 Å². The average Bonchev–Trinajstić information content (AvgIpc) is 2.79. The van der Waals surface area contributed by atoms with Crippen LogP contribution in [0.1, 0.15) is 64.5 Å². The number of hydrogen-bond donors (Lipinski definition) is 2. The third kappa shape index (κ3) is 4.06. The van der Waals surface area contributed by atoms with Gasteiger partial charge in [-0.2, -0.15) is 0 Å². The van der Waals surface area contributed by atoms with Crippen molar-refractivity contribution in [2.24, 2.45) is 0 Å². The van der Waals surface area contributed by atoms with Crippen LogP contribution in [0, 0.1) is 0 Å². The minimum atomic E-state index is -1.15. The SMILES string of the molecule is CCC[C@@H](C)NC(=O)CN1C(=O)N[C@](C)(c2ccc(C(C)C)cc2)C1=O. The van der Waals surface area contributed by atoms with Crippen molar-refractivity contribution in [2.45, 2.75) is 65.0 Å². The van der Waals surface area contributed by atoms with Gasteiger partial charge in [0.05, 0.1) is 0 Å². The maximum Gasteiger partial charge on any atom is 0.325 e. The fourth-order valence-corrected chi connectivity index (χ4v) is 3.21. The standard InChI is InChI=1S/C20H29N3O3/c1-6-7-14(4)21-17(24)12-23-18(25)20(5,22-19(23)26)16-10-8-15(9-11-16)13(2)3/h8-11,13-14H,6-7,12H2,1-5H3,(H,21,24)(H,22,26)/t14-,20-/m1/s1. The Labute approximate surface area is 155 Å². The summed E-state index contributed by atoms with van der Waals surface area (Å²) in [5, 5.41) is 5.56. The Balaban J connectivity index is 2.12. The lowest BCUT2D eigenvalue weighted by atomic mass is 9.90. The van der Waals surface area contributed by atoms with Gasteiger partial charge in [-0.3, -0.25) is 14.5 Å². The molecule has 4 amide bonds. The Morgan fingerprint density at radius 2 is 1.81 bits per heavy atom. The molecule has 0 unspecified atom stereocenters. The summed E-state index contributed by atoms with van der Waals surface area (Å²) in [5.74, 6) is -0.344. The van der Waals surface area contributed by atoms with Crippen LogP contribution >= 0.6 is 0 Å². The number of carbonyl (C=O) groups excluding carboxylic acids is 3. The molecule has 1 saturated heterocycles. The molecule has 1 heterocycles. The Morgan fingerprint density at radius 3 is 2.35 bits per heavy atom. The van der Waals surface area contributed by atoms with Crippen molar-refractivity contribution in [3.8, 4) is 0 Å². The molecule has 1 aliphatic heterocycles. The van der Waals surface area contributed by atoms with Crippen LogP contribution in [0.15, 0.2) is 24.3 Å². The fourth-order valence-electron chi connectivity index (χ4n) is 3.21. The Kier molecular flexibility index (Phi) is 6.05. The van der Waals surface area contributed by atoms with Gasteiger partial charge < -0.3 is 10.6 Å². The summed E-state index contributed by atoms with van der Waals surface area (Å²) in [6.45, 7) is 9.55. The van der Waals surface area contributed by atoms with Gasteiger partial charge in [-0.25, -0.2) is 4.79 Å². The smallest absolute Gasteiger partial charge is 0.325 e. The number of rotatable bonds is 7. The Bertz CT molecular complexity index is 684. The maximum absolute atomic E-state index is 12.9. The summed E-state index contributed by atoms with van der Waals surface area (Å²) in [6.07, 6.45) is 1.81. The van der Waals surface area contributed by atoms with Gasteiger partial charge >= 0.3 is 6.03 Å². The van der Waals surface area contributed by atoms with Gasteiger partial charge in [-0.15, -0.1) is 0 Å². The van der Waals surface area contributed by atoms with Crippen molar-refractivity contribution < 1.29 is 14.4 Å². The first-order valence-electron chi connectivity index (χ1n) is 9.23. The van der Waals surface area contributed by atoms with Crippen LogP contribution in [0.2, 0.25) is 0 Å². The van der Waals surface area contributed by atoms with E-state index in [-0.39, 0.29) is 18.5 Å². The van der Waals surface area contributed by atoms with E-state index in [1.807, 2.05) is 38.1 Å². The summed E-state index contributed by atoms with van der Waals surface area (Å²) < 4.78 is 0. The summed E-state index contributed by atoms with van der Waals surface area (Å²) in [4.78, 5) is 38.3. The molecule has 1 fully saturated rings. The maximum atomic E-state index is 12.9. The van der Waals surface area contributed by atoms with E-state index in [0.29, 0.717) is 11.5 Å². The van der Waals surface area contributed by atoms with E-state index in [2.05, 4.69) is 24.5 Å². The van der Waals surface area contributed by atoms with Crippen LogP contribution in [-0.4, -0.2) is 35.3 Å². The Hall–Kier alpha value is -2.37. The zero-order valence-corrected chi connectivity index (χ0v) is 16.3. The number of benzene rings is 1. The van der Waals surface area contributed by atoms with Crippen LogP contribution < -0.4 is 10.6 Å². The molecular formula is C20H29N3O3. The molecule has 0 bridgehead atoms. The van der Waals surface area contributed by atoms with E-state index in [9.17, 15) is 14.4 Å². The van der Waals surface area contributed by atoms with E-state index in [4.69, 9.17) is 0 Å². The van der Waals surface area contributed by atoms with Crippen molar-refractivity contribution in [3.05, 3.63) is 35.4 Å². The van der Waals surface area contributed by atoms with Gasteiger partial charge in [0.1, 0.15) is 12.1 Å². The normalized spacial score (nSPS) is 21.1. The molecular weight excluding hydrogens is 330 g/mol. The largest absolute Gasteiger partial charge is 0.352 e. The summed E-state index contributed by atoms with van der Waals surface area (Å²) in [6, 6.07) is 7.13. The molecule has 2 atom stereocenters. The van der Waals surface area contributed by atoms with Crippen molar-refractivity contribution in [3.63, 3.8) is 0 Å². The molecule has 0 spiro atoms. The second-order valence-corrected chi connectivity index (χ2v) is 7.48. The number of urea groups is 1. The monoisotopic (exact) mass is 359 g/mol. The highest BCUT2D eigenvalue weighted by Crippen LogP contribution is 2.29. The quantitative estimate of drug-likeness (QED) is 0.735. The highest BCUT2D eigenvalue weighted by Gasteiger charge is 2.49. The topological polar surface area (TPSA) is 78.5 Å². The van der Waals surface area contributed by atoms with E-state index in [0.717, 1.165) is 23.3 Å². The van der Waals surface area contributed by atoms with Gasteiger partial charge in [0.2, 0.25) is 5.91 Å². The average molecular weight is 359 g/mol. The molecule has 2 rings (SSSR count). The molecule has 6 heteroatoms. The molecule has 1 aromatic carbocycles. The number of imide groups is 1. The minimum absolute atomic E-state index is 0.0169. The third-order valence-electron chi connectivity index (χ3n) is 4.86. The zero-order chi connectivity index (χ0) is 19.5. The Morgan fingerprint density at radius 1 is 1.19 bits per heavy atom. The predicted molar refractivity (Wildman–Crippen MR) is 101 cm³/mol. The van der Waals surface area contributed by atoms with E-state index in [1.54, 1.807) is 6.92 Å². The third-order valence-corrected chi connectivity index (χ3v) is 4.86. The summed E-state index contributed by atoms with van der Waals surface area (Å²) >= 11 is 0. The highest BCUT2D eigenvalue weighted by atomic mass is 16.2. The number of amides is 4. The lowest BCUT2D eigenvalue weighted by Crippen LogP contribution is -2.44. The van der Waals surface area contributed by atoms with Gasteiger partial charge in [0.25, 0.3) is 5.91 Å². The zero-order valence-electron chi connectivity index (χ0n) is 16.3. The predicted octanol–water partition coefficient (Wildman–Crippen LogP) is 2.88. The minimum Gasteiger partial charge on any atom is -0.352 e. The van der Waals surface area contributed by atoms with Crippen molar-refractivity contribution in [2.75, 3.05) is 6.54 Å². The first-order chi connectivity index (χ1) is 12.2. The first-order valence-corrected chi connectivity index (χ1v) is 9.23. The molecule has 1 aliphatic rings. The highest BCUT2D eigenvalue weighted by molar-refractivity contribution is 6.09. The summed E-state index contributed by atoms with van der Waals surface area (Å²) in [7, 11) is 0. The van der Waals surface area contributed by atoms with Crippen LogP contribution in [0.5, 0.6) is 0 Å². The van der Waals surface area contributed by atoms with Gasteiger partial charge in [-0.05, 0) is 37.3 Å². The van der Waals surface area contributed by atoms with Gasteiger partial charge in [0.15, 0.2) is 0 Å². The number of hydrogen-bond acceptors (Lipinski definition) is 3. The molecule has 1 aromatic rings. The molecule has 142 valence electrons. The number of carbonyl (C=O) groups is 3. The van der Waals surface area contributed by atoms with E-state index < -0.39 is 17.5 Å². The van der Waals surface area contributed by atoms with Crippen molar-refractivity contribution in [1.29, 1.82) is 0 Å². The molecule has 0 aromatic heterocycles. The van der Waals surface area contributed by atoms with Gasteiger partial charge in [0, 0.05) is 6.04 Å². The van der Waals surface area contributed by atoms with Crippen LogP contribution in [0.4, 0.5) is 4.79 Å². The molecule has 0 saturated carbocycles. The molecule has 2 N–H and O–H groups in total. The number of nitrogens with one attached hydrogen (secondary N) is 2. The lowest BCUT2D eigenvalue weighted by molar-refractivity contribution is -0.135. The summed E-state index contributed by atoms with van der Waals surface area (Å²) in [5.41, 5.74) is 0.722. The van der Waals surface area contributed by atoms with E-state index in [1.165, 1.54) is 0 Å². The van der Waals surface area contributed by atoms with E-state index >= 15 is 0 Å². The fraction of sp³-hybridized carbons (Fsp3) is 0.550. The molecule has 0 radical (unpaired) electrons. The van der Waals surface area contributed by atoms with Gasteiger partial charge in [-0.1, -0.05) is 51.5 Å². The lowest BCUT2D eigenvalue weighted by Gasteiger charge is -2.23. The first kappa shape index (κ1) is 19.9. The molecule has 26 heavy (non-hydrogen) atoms. The second kappa shape index (κ2) is 7.89. The van der Waals surface area contributed by atoms with Crippen LogP contribution in [0.25, 0.3) is 0 Å². The van der Waals surface area contributed by atoms with Crippen molar-refractivity contribution >= 4 is 17.8 Å². The number of nitrogens with zero attached hydrogens (tertiary/aromatic N) is 1. The van der Waals surface area contributed by atoms with Crippen molar-refractivity contribution in [1.82, 2.24) is 15.5 Å². The molecule has 0 aliphatic carbocycles. The van der Waals surface area contributed by atoms with Crippen LogP contribution in [0.3, 0.4) is 0 Å². The molecule has 6 nitrogen and oxygen atoms in total. The second-order valence-electron chi connectivity index (χ2n) is 7.48.